The van der Waals surface area contributed by atoms with Crippen LogP contribution in [0.3, 0.4) is 0 Å². The molecule has 0 aliphatic carbocycles. The zero-order chi connectivity index (χ0) is 16.4. The van der Waals surface area contributed by atoms with E-state index in [4.69, 9.17) is 14.2 Å². The Hall–Kier alpha value is -1.76. The van der Waals surface area contributed by atoms with Gasteiger partial charge in [-0.05, 0) is 27.7 Å². The molecule has 0 saturated carbocycles. The van der Waals surface area contributed by atoms with E-state index >= 15 is 0 Å². The Morgan fingerprint density at radius 3 is 1.33 bits per heavy atom. The number of rotatable bonds is 10. The van der Waals surface area contributed by atoms with Gasteiger partial charge in [0.15, 0.2) is 0 Å². The highest BCUT2D eigenvalue weighted by molar-refractivity contribution is 5.97. The number of hydrogen-bond acceptors (Lipinski definition) is 7. The van der Waals surface area contributed by atoms with Gasteiger partial charge < -0.3 is 14.2 Å². The second-order valence-corrected chi connectivity index (χ2v) is 4.61. The zero-order valence-electron chi connectivity index (χ0n) is 12.8. The lowest BCUT2D eigenvalue weighted by molar-refractivity contribution is -0.152. The Morgan fingerprint density at radius 2 is 1.05 bits per heavy atom. The van der Waals surface area contributed by atoms with Crippen LogP contribution >= 0.6 is 0 Å². The lowest BCUT2D eigenvalue weighted by Gasteiger charge is -2.10. The molecule has 0 N–H and O–H groups in total. The molecule has 0 aromatic heterocycles. The minimum atomic E-state index is -0.779. The van der Waals surface area contributed by atoms with Crippen molar-refractivity contribution in [1.29, 1.82) is 0 Å². The maximum Gasteiger partial charge on any atom is 0.316 e. The fourth-order valence-corrected chi connectivity index (χ4v) is 1.09. The molecule has 0 heterocycles. The summed E-state index contributed by atoms with van der Waals surface area (Å²) in [4.78, 5) is 44.4. The molecule has 0 aromatic rings. The molecule has 0 spiro atoms. The molecule has 2 unspecified atom stereocenters. The summed E-state index contributed by atoms with van der Waals surface area (Å²) in [5, 5.41) is 0. The van der Waals surface area contributed by atoms with E-state index < -0.39 is 23.8 Å². The van der Waals surface area contributed by atoms with Gasteiger partial charge in [0.05, 0.1) is 13.2 Å². The van der Waals surface area contributed by atoms with Crippen molar-refractivity contribution in [2.24, 2.45) is 11.8 Å². The fourth-order valence-electron chi connectivity index (χ4n) is 1.09. The van der Waals surface area contributed by atoms with Gasteiger partial charge in [-0.25, -0.2) is 0 Å². The molecule has 0 fully saturated rings. The van der Waals surface area contributed by atoms with E-state index in [9.17, 15) is 19.2 Å². The second kappa shape index (κ2) is 10.0. The molecule has 0 rings (SSSR count). The topological polar surface area (TPSA) is 96.0 Å². The summed E-state index contributed by atoms with van der Waals surface area (Å²) in [5.74, 6) is -3.25. The number of ketones is 2. The summed E-state index contributed by atoms with van der Waals surface area (Å²) in [6.45, 7) is 5.90. The van der Waals surface area contributed by atoms with E-state index in [1.165, 1.54) is 27.7 Å². The highest BCUT2D eigenvalue weighted by Crippen LogP contribution is 2.00. The van der Waals surface area contributed by atoms with Gasteiger partial charge >= 0.3 is 11.9 Å². The molecule has 0 aliphatic heterocycles. The van der Waals surface area contributed by atoms with Crippen LogP contribution in [0.2, 0.25) is 0 Å². The summed E-state index contributed by atoms with van der Waals surface area (Å²) in [5.41, 5.74) is 0. The quantitative estimate of drug-likeness (QED) is 0.330. The Kier molecular flexibility index (Phi) is 9.20. The number of Topliss-reactive ketones (excluding diaryl/α,β-unsaturated/α-hetero) is 2. The molecule has 7 nitrogen and oxygen atoms in total. The Labute approximate surface area is 123 Å². The van der Waals surface area contributed by atoms with Crippen molar-refractivity contribution in [1.82, 2.24) is 0 Å². The number of ether oxygens (including phenoxy) is 3. The van der Waals surface area contributed by atoms with Gasteiger partial charge in [0.25, 0.3) is 0 Å². The number of esters is 2. The molecule has 0 amide bonds. The predicted molar refractivity (Wildman–Crippen MR) is 72.4 cm³/mol. The Bertz CT molecular complexity index is 353. The van der Waals surface area contributed by atoms with Crippen LogP contribution in [-0.2, 0) is 33.4 Å². The van der Waals surface area contributed by atoms with Crippen LogP contribution in [0.25, 0.3) is 0 Å². The number of carbonyl (C=O) groups excluding carboxylic acids is 4. The van der Waals surface area contributed by atoms with Crippen molar-refractivity contribution in [2.75, 3.05) is 26.4 Å². The highest BCUT2D eigenvalue weighted by Gasteiger charge is 2.19. The summed E-state index contributed by atoms with van der Waals surface area (Å²) in [7, 11) is 0. The van der Waals surface area contributed by atoms with E-state index in [0.29, 0.717) is 0 Å². The monoisotopic (exact) mass is 302 g/mol. The summed E-state index contributed by atoms with van der Waals surface area (Å²) in [6.07, 6.45) is 0. The van der Waals surface area contributed by atoms with Crippen molar-refractivity contribution in [2.45, 2.75) is 27.7 Å². The number of carbonyl (C=O) groups is 4. The molecule has 0 aliphatic rings. The zero-order valence-corrected chi connectivity index (χ0v) is 12.8. The summed E-state index contributed by atoms with van der Waals surface area (Å²) < 4.78 is 14.7. The van der Waals surface area contributed by atoms with Crippen molar-refractivity contribution in [3.8, 4) is 0 Å². The maximum absolute atomic E-state index is 11.3. The van der Waals surface area contributed by atoms with Gasteiger partial charge in [-0.2, -0.15) is 0 Å². The van der Waals surface area contributed by atoms with Crippen molar-refractivity contribution in [3.05, 3.63) is 0 Å². The van der Waals surface area contributed by atoms with Crippen LogP contribution in [0, 0.1) is 11.8 Å². The first-order valence-electron chi connectivity index (χ1n) is 6.69. The molecule has 120 valence electrons. The van der Waals surface area contributed by atoms with Crippen LogP contribution < -0.4 is 0 Å². The Balaban J connectivity index is 3.62. The van der Waals surface area contributed by atoms with E-state index in [1.54, 1.807) is 0 Å². The number of hydrogen-bond donors (Lipinski definition) is 0. The first-order chi connectivity index (χ1) is 9.77. The molecule has 0 bridgehead atoms. The molecular formula is C14H22O7. The summed E-state index contributed by atoms with van der Waals surface area (Å²) >= 11 is 0. The van der Waals surface area contributed by atoms with Crippen LogP contribution in [0.4, 0.5) is 0 Å². The van der Waals surface area contributed by atoms with E-state index in [0.717, 1.165) is 0 Å². The fraction of sp³-hybridized carbons (Fsp3) is 0.714. The van der Waals surface area contributed by atoms with Crippen LogP contribution in [0.5, 0.6) is 0 Å². The van der Waals surface area contributed by atoms with Crippen molar-refractivity contribution < 1.29 is 33.4 Å². The smallest absolute Gasteiger partial charge is 0.316 e. The normalized spacial score (nSPS) is 13.1. The van der Waals surface area contributed by atoms with Crippen LogP contribution in [-0.4, -0.2) is 49.9 Å². The van der Waals surface area contributed by atoms with Gasteiger partial charge in [-0.15, -0.1) is 0 Å². The second-order valence-electron chi connectivity index (χ2n) is 4.61. The molecule has 2 atom stereocenters. The lowest BCUT2D eigenvalue weighted by Crippen LogP contribution is -2.24. The summed E-state index contributed by atoms with van der Waals surface area (Å²) in [6, 6.07) is 0. The Morgan fingerprint density at radius 1 is 0.714 bits per heavy atom. The van der Waals surface area contributed by atoms with Gasteiger partial charge in [-0.3, -0.25) is 19.2 Å². The molecule has 0 saturated heterocycles. The lowest BCUT2D eigenvalue weighted by atomic mass is 10.1. The molecule has 21 heavy (non-hydrogen) atoms. The average Bonchev–Trinajstić information content (AvgIpc) is 2.43. The van der Waals surface area contributed by atoms with Gasteiger partial charge in [-0.1, -0.05) is 0 Å². The first kappa shape index (κ1) is 19.2. The molecule has 0 radical (unpaired) electrons. The third kappa shape index (κ3) is 8.19. The van der Waals surface area contributed by atoms with Gasteiger partial charge in [0.2, 0.25) is 0 Å². The highest BCUT2D eigenvalue weighted by atomic mass is 16.6. The van der Waals surface area contributed by atoms with Gasteiger partial charge in [0, 0.05) is 0 Å². The van der Waals surface area contributed by atoms with Crippen LogP contribution in [0.15, 0.2) is 0 Å². The third-order valence-electron chi connectivity index (χ3n) is 2.87. The van der Waals surface area contributed by atoms with Crippen molar-refractivity contribution in [3.63, 3.8) is 0 Å². The van der Waals surface area contributed by atoms with E-state index in [2.05, 4.69) is 0 Å². The van der Waals surface area contributed by atoms with Gasteiger partial charge in [0.1, 0.15) is 36.6 Å². The molecular weight excluding hydrogens is 280 g/mol. The predicted octanol–water partition coefficient (Wildman–Crippen LogP) is 0.540. The van der Waals surface area contributed by atoms with E-state index in [1.807, 2.05) is 0 Å². The van der Waals surface area contributed by atoms with Crippen molar-refractivity contribution >= 4 is 23.5 Å². The minimum Gasteiger partial charge on any atom is -0.463 e. The molecule has 0 aromatic carbocycles. The SMILES string of the molecule is CC(=O)C(C)C(=O)OCCOCCOC(=O)C(C)C(C)=O. The first-order valence-corrected chi connectivity index (χ1v) is 6.69. The minimum absolute atomic E-state index is 0.0221. The largest absolute Gasteiger partial charge is 0.463 e. The standard InChI is InChI=1S/C14H22O7/c1-9(11(3)15)13(17)20-7-5-19-6-8-21-14(18)10(2)12(4)16/h9-10H,5-8H2,1-4H3. The average molecular weight is 302 g/mol. The third-order valence-corrected chi connectivity index (χ3v) is 2.87. The molecule has 7 heteroatoms. The van der Waals surface area contributed by atoms with Crippen LogP contribution in [0.1, 0.15) is 27.7 Å². The maximum atomic E-state index is 11.3. The van der Waals surface area contributed by atoms with E-state index in [-0.39, 0.29) is 38.0 Å².